The zero-order chi connectivity index (χ0) is 14.6. The minimum atomic E-state index is 0.234. The summed E-state index contributed by atoms with van der Waals surface area (Å²) in [4.78, 5) is 0. The van der Waals surface area contributed by atoms with Crippen LogP contribution in [0.3, 0.4) is 0 Å². The maximum absolute atomic E-state index is 6.30. The van der Waals surface area contributed by atoms with Gasteiger partial charge in [-0.2, -0.15) is 0 Å². The van der Waals surface area contributed by atoms with Crippen LogP contribution in [-0.4, -0.2) is 12.2 Å². The highest BCUT2D eigenvalue weighted by Crippen LogP contribution is 2.45. The first-order chi connectivity index (χ1) is 8.86. The Balaban J connectivity index is 2.92. The van der Waals surface area contributed by atoms with E-state index in [-0.39, 0.29) is 11.5 Å². The van der Waals surface area contributed by atoms with Gasteiger partial charge in [-0.25, -0.2) is 0 Å². The fourth-order valence-electron chi connectivity index (χ4n) is 3.20. The van der Waals surface area contributed by atoms with Crippen LogP contribution < -0.4 is 0 Å². The van der Waals surface area contributed by atoms with Crippen molar-refractivity contribution in [1.82, 2.24) is 0 Å². The van der Waals surface area contributed by atoms with Gasteiger partial charge in [0.1, 0.15) is 0 Å². The second kappa shape index (κ2) is 6.74. The molecule has 1 rings (SSSR count). The molecule has 19 heavy (non-hydrogen) atoms. The van der Waals surface area contributed by atoms with E-state index in [1.165, 1.54) is 17.6 Å². The van der Waals surface area contributed by atoms with Crippen LogP contribution in [0.25, 0.3) is 0 Å². The lowest BCUT2D eigenvalue weighted by atomic mass is 9.67. The third-order valence-electron chi connectivity index (χ3n) is 5.24. The van der Waals surface area contributed by atoms with Gasteiger partial charge in [0.15, 0.2) is 0 Å². The molecule has 110 valence electrons. The van der Waals surface area contributed by atoms with Crippen molar-refractivity contribution in [2.24, 2.45) is 11.3 Å². The molecule has 0 amide bonds. The van der Waals surface area contributed by atoms with Gasteiger partial charge >= 0.3 is 0 Å². The smallest absolute Gasteiger partial charge is 0.0760 e. The van der Waals surface area contributed by atoms with Crippen molar-refractivity contribution < 1.29 is 4.74 Å². The fourth-order valence-corrected chi connectivity index (χ4v) is 3.20. The molecule has 1 fully saturated rings. The Bertz CT molecular complexity index is 338. The summed E-state index contributed by atoms with van der Waals surface area (Å²) < 4.78 is 6.30. The van der Waals surface area contributed by atoms with E-state index in [4.69, 9.17) is 4.74 Å². The number of ether oxygens (including phenoxy) is 1. The molecular formula is C18H32O. The lowest BCUT2D eigenvalue weighted by molar-refractivity contribution is -0.130. The molecule has 0 aromatic heterocycles. The van der Waals surface area contributed by atoms with Crippen LogP contribution in [0.1, 0.15) is 67.2 Å². The SMILES string of the molecule is C=CC1CC(CC)C(C)(C)[C@H](C/C(C)=C(\C)CC)O1. The van der Waals surface area contributed by atoms with E-state index in [9.17, 15) is 0 Å². The fraction of sp³-hybridized carbons (Fsp3) is 0.778. The third kappa shape index (κ3) is 3.72. The average molecular weight is 264 g/mol. The molecule has 0 bridgehead atoms. The third-order valence-corrected chi connectivity index (χ3v) is 5.24. The Morgan fingerprint density at radius 2 is 1.89 bits per heavy atom. The van der Waals surface area contributed by atoms with Crippen LogP contribution >= 0.6 is 0 Å². The summed E-state index contributed by atoms with van der Waals surface area (Å²) in [6.07, 6.45) is 7.09. The Kier molecular flexibility index (Phi) is 5.85. The van der Waals surface area contributed by atoms with Gasteiger partial charge in [-0.1, -0.05) is 51.3 Å². The van der Waals surface area contributed by atoms with Crippen molar-refractivity contribution in [2.75, 3.05) is 0 Å². The van der Waals surface area contributed by atoms with Crippen LogP contribution in [0.15, 0.2) is 23.8 Å². The van der Waals surface area contributed by atoms with Crippen molar-refractivity contribution in [3.8, 4) is 0 Å². The van der Waals surface area contributed by atoms with Crippen LogP contribution in [-0.2, 0) is 4.74 Å². The molecule has 2 unspecified atom stereocenters. The van der Waals surface area contributed by atoms with Crippen molar-refractivity contribution in [3.63, 3.8) is 0 Å². The molecule has 0 N–H and O–H groups in total. The summed E-state index contributed by atoms with van der Waals surface area (Å²) in [6, 6.07) is 0. The number of hydrogen-bond donors (Lipinski definition) is 0. The summed E-state index contributed by atoms with van der Waals surface area (Å²) >= 11 is 0. The number of rotatable bonds is 5. The molecule has 3 atom stereocenters. The van der Waals surface area contributed by atoms with Crippen molar-refractivity contribution in [1.29, 1.82) is 0 Å². The van der Waals surface area contributed by atoms with Gasteiger partial charge in [0.2, 0.25) is 0 Å². The summed E-state index contributed by atoms with van der Waals surface area (Å²) in [5.41, 5.74) is 3.26. The highest BCUT2D eigenvalue weighted by Gasteiger charge is 2.42. The maximum atomic E-state index is 6.30. The van der Waals surface area contributed by atoms with E-state index in [0.29, 0.717) is 6.10 Å². The summed E-state index contributed by atoms with van der Waals surface area (Å²) in [6.45, 7) is 17.7. The van der Waals surface area contributed by atoms with Crippen LogP contribution in [0.4, 0.5) is 0 Å². The molecule has 0 radical (unpaired) electrons. The minimum Gasteiger partial charge on any atom is -0.370 e. The second-order valence-corrected chi connectivity index (χ2v) is 6.68. The summed E-state index contributed by atoms with van der Waals surface area (Å²) in [7, 11) is 0. The molecule has 1 aliphatic rings. The van der Waals surface area contributed by atoms with Gasteiger partial charge in [-0.3, -0.25) is 0 Å². The number of hydrogen-bond acceptors (Lipinski definition) is 1. The van der Waals surface area contributed by atoms with Crippen molar-refractivity contribution in [3.05, 3.63) is 23.8 Å². The molecule has 1 aliphatic heterocycles. The number of allylic oxidation sites excluding steroid dienone is 1. The molecule has 0 aromatic carbocycles. The van der Waals surface area contributed by atoms with Gasteiger partial charge in [0.25, 0.3) is 0 Å². The highest BCUT2D eigenvalue weighted by molar-refractivity contribution is 5.12. The van der Waals surface area contributed by atoms with Gasteiger partial charge in [0, 0.05) is 0 Å². The van der Waals surface area contributed by atoms with Gasteiger partial charge < -0.3 is 4.74 Å². The molecule has 0 aromatic rings. The zero-order valence-electron chi connectivity index (χ0n) is 13.8. The van der Waals surface area contributed by atoms with E-state index in [1.54, 1.807) is 0 Å². The monoisotopic (exact) mass is 264 g/mol. The molecule has 0 aliphatic carbocycles. The first-order valence-electron chi connectivity index (χ1n) is 7.79. The topological polar surface area (TPSA) is 9.23 Å². The summed E-state index contributed by atoms with van der Waals surface area (Å²) in [5, 5.41) is 0. The van der Waals surface area contributed by atoms with Gasteiger partial charge in [0.05, 0.1) is 12.2 Å². The van der Waals surface area contributed by atoms with E-state index in [2.05, 4.69) is 48.1 Å². The normalized spacial score (nSPS) is 31.8. The highest BCUT2D eigenvalue weighted by atomic mass is 16.5. The Hall–Kier alpha value is -0.560. The molecule has 1 nitrogen and oxygen atoms in total. The van der Waals surface area contributed by atoms with Gasteiger partial charge in [-0.05, 0) is 44.4 Å². The van der Waals surface area contributed by atoms with E-state index < -0.39 is 0 Å². The molecule has 1 saturated heterocycles. The average Bonchev–Trinajstić information content (AvgIpc) is 2.39. The lowest BCUT2D eigenvalue weighted by Crippen LogP contribution is -2.46. The van der Waals surface area contributed by atoms with Gasteiger partial charge in [-0.15, -0.1) is 6.58 Å². The molecule has 0 spiro atoms. The first kappa shape index (κ1) is 16.5. The Morgan fingerprint density at radius 3 is 2.37 bits per heavy atom. The van der Waals surface area contributed by atoms with E-state index in [1.807, 2.05) is 6.08 Å². The lowest BCUT2D eigenvalue weighted by Gasteiger charge is -2.47. The van der Waals surface area contributed by atoms with Crippen LogP contribution in [0.5, 0.6) is 0 Å². The Labute approximate surface area is 120 Å². The second-order valence-electron chi connectivity index (χ2n) is 6.68. The molecule has 1 heterocycles. The van der Waals surface area contributed by atoms with E-state index in [0.717, 1.165) is 25.2 Å². The van der Waals surface area contributed by atoms with Crippen LogP contribution in [0, 0.1) is 11.3 Å². The Morgan fingerprint density at radius 1 is 1.26 bits per heavy atom. The molecule has 0 saturated carbocycles. The standard InChI is InChI=1S/C18H32O/c1-8-13(4)14(5)11-17-18(6,7)15(9-2)12-16(10-3)19-17/h10,15-17H,3,8-9,11-12H2,1-2,4-7H3/b14-13+/t15?,16?,17-/m0/s1. The first-order valence-corrected chi connectivity index (χ1v) is 7.79. The molecular weight excluding hydrogens is 232 g/mol. The predicted molar refractivity (Wildman–Crippen MR) is 84.3 cm³/mol. The largest absolute Gasteiger partial charge is 0.370 e. The van der Waals surface area contributed by atoms with Crippen molar-refractivity contribution >= 4 is 0 Å². The minimum absolute atomic E-state index is 0.234. The zero-order valence-corrected chi connectivity index (χ0v) is 13.8. The summed E-state index contributed by atoms with van der Waals surface area (Å²) in [5.74, 6) is 0.726. The predicted octanol–water partition coefficient (Wildman–Crippen LogP) is 5.52. The quantitative estimate of drug-likeness (QED) is 0.594. The molecule has 1 heteroatoms. The van der Waals surface area contributed by atoms with Crippen LogP contribution in [0.2, 0.25) is 0 Å². The van der Waals surface area contributed by atoms with Crippen molar-refractivity contribution in [2.45, 2.75) is 79.4 Å². The maximum Gasteiger partial charge on any atom is 0.0760 e. The van der Waals surface area contributed by atoms with E-state index >= 15 is 0 Å².